The number of nitrogen functional groups attached to an aromatic ring is 1. The summed E-state index contributed by atoms with van der Waals surface area (Å²) in [5.41, 5.74) is 16.1. The number of benzene rings is 1. The van der Waals surface area contributed by atoms with Gasteiger partial charge in [0.05, 0.1) is 5.56 Å². The molecule has 0 aliphatic rings. The Morgan fingerprint density at radius 3 is 1.94 bits per heavy atom. The maximum atomic E-state index is 12.1. The summed E-state index contributed by atoms with van der Waals surface area (Å²) < 4.78 is 0. The zero-order chi connectivity index (χ0) is 13.7. The van der Waals surface area contributed by atoms with Crippen LogP contribution in [0.5, 0.6) is 0 Å². The number of nitrogens with zero attached hydrogens (tertiary/aromatic N) is 1. The maximum Gasteiger partial charge on any atom is 0.256 e. The SMILES string of the molecule is NC(=O)CN(CC(N)=O)C(=O)c1ccccc1N. The van der Waals surface area contributed by atoms with Gasteiger partial charge in [0.1, 0.15) is 13.1 Å². The second kappa shape index (κ2) is 5.67. The van der Waals surface area contributed by atoms with E-state index < -0.39 is 30.8 Å². The molecular weight excluding hydrogens is 236 g/mol. The minimum Gasteiger partial charge on any atom is -0.398 e. The van der Waals surface area contributed by atoms with Crippen LogP contribution in [0.25, 0.3) is 0 Å². The third-order valence-corrected chi connectivity index (χ3v) is 2.17. The number of anilines is 1. The van der Waals surface area contributed by atoms with Crippen LogP contribution in [-0.4, -0.2) is 35.7 Å². The Kier molecular flexibility index (Phi) is 4.25. The van der Waals surface area contributed by atoms with Gasteiger partial charge in [-0.15, -0.1) is 0 Å². The van der Waals surface area contributed by atoms with Crippen molar-refractivity contribution in [1.29, 1.82) is 0 Å². The molecule has 0 aliphatic heterocycles. The first-order valence-electron chi connectivity index (χ1n) is 5.12. The quantitative estimate of drug-likeness (QED) is 0.559. The summed E-state index contributed by atoms with van der Waals surface area (Å²) in [7, 11) is 0. The second-order valence-electron chi connectivity index (χ2n) is 3.68. The van der Waals surface area contributed by atoms with E-state index in [9.17, 15) is 14.4 Å². The van der Waals surface area contributed by atoms with E-state index in [1.54, 1.807) is 18.2 Å². The molecule has 0 fully saturated rings. The molecule has 0 saturated carbocycles. The van der Waals surface area contributed by atoms with Gasteiger partial charge in [-0.25, -0.2) is 0 Å². The predicted molar refractivity (Wildman–Crippen MR) is 65.1 cm³/mol. The van der Waals surface area contributed by atoms with Gasteiger partial charge in [0.25, 0.3) is 5.91 Å². The molecule has 7 nitrogen and oxygen atoms in total. The molecule has 1 aromatic rings. The lowest BCUT2D eigenvalue weighted by molar-refractivity contribution is -0.121. The van der Waals surface area contributed by atoms with E-state index in [1.807, 2.05) is 0 Å². The Bertz CT molecular complexity index is 471. The smallest absolute Gasteiger partial charge is 0.256 e. The maximum absolute atomic E-state index is 12.1. The molecule has 0 spiro atoms. The van der Waals surface area contributed by atoms with Crippen LogP contribution in [0.2, 0.25) is 0 Å². The molecule has 6 N–H and O–H groups in total. The largest absolute Gasteiger partial charge is 0.398 e. The van der Waals surface area contributed by atoms with Crippen LogP contribution in [0, 0.1) is 0 Å². The lowest BCUT2D eigenvalue weighted by Gasteiger charge is -2.20. The number of hydrogen-bond acceptors (Lipinski definition) is 4. The predicted octanol–water partition coefficient (Wildman–Crippen LogP) is -1.32. The lowest BCUT2D eigenvalue weighted by Crippen LogP contribution is -2.43. The van der Waals surface area contributed by atoms with Crippen LogP contribution in [0.4, 0.5) is 5.69 Å². The van der Waals surface area contributed by atoms with Gasteiger partial charge in [-0.1, -0.05) is 12.1 Å². The van der Waals surface area contributed by atoms with Crippen LogP contribution >= 0.6 is 0 Å². The lowest BCUT2D eigenvalue weighted by atomic mass is 10.1. The highest BCUT2D eigenvalue weighted by atomic mass is 16.2. The number of para-hydroxylation sites is 1. The summed E-state index contributed by atoms with van der Waals surface area (Å²) >= 11 is 0. The summed E-state index contributed by atoms with van der Waals surface area (Å²) in [6.07, 6.45) is 0. The summed E-state index contributed by atoms with van der Waals surface area (Å²) in [6, 6.07) is 6.32. The molecule has 0 aromatic heterocycles. The topological polar surface area (TPSA) is 133 Å². The molecule has 0 bridgehead atoms. The minimum atomic E-state index is -0.737. The molecule has 0 aliphatic carbocycles. The Morgan fingerprint density at radius 1 is 1.00 bits per heavy atom. The van der Waals surface area contributed by atoms with Gasteiger partial charge in [0.15, 0.2) is 0 Å². The van der Waals surface area contributed by atoms with Gasteiger partial charge in [-0.3, -0.25) is 14.4 Å². The zero-order valence-electron chi connectivity index (χ0n) is 9.63. The molecule has 0 radical (unpaired) electrons. The minimum absolute atomic E-state index is 0.194. The standard InChI is InChI=1S/C11H14N4O3/c12-8-4-2-1-3-7(8)11(18)15(5-9(13)16)6-10(14)17/h1-4H,5-6,12H2,(H2,13,16)(H2,14,17). The molecule has 96 valence electrons. The molecule has 0 unspecified atom stereocenters. The monoisotopic (exact) mass is 250 g/mol. The average Bonchev–Trinajstić information content (AvgIpc) is 2.26. The van der Waals surface area contributed by atoms with E-state index in [2.05, 4.69) is 0 Å². The van der Waals surface area contributed by atoms with E-state index >= 15 is 0 Å². The number of amides is 3. The molecule has 3 amide bonds. The number of rotatable bonds is 5. The van der Waals surface area contributed by atoms with E-state index in [4.69, 9.17) is 17.2 Å². The van der Waals surface area contributed by atoms with Crippen molar-refractivity contribution in [3.8, 4) is 0 Å². The third-order valence-electron chi connectivity index (χ3n) is 2.17. The average molecular weight is 250 g/mol. The van der Waals surface area contributed by atoms with Crippen molar-refractivity contribution >= 4 is 23.4 Å². The van der Waals surface area contributed by atoms with E-state index in [0.717, 1.165) is 4.90 Å². The van der Waals surface area contributed by atoms with Gasteiger partial charge in [0.2, 0.25) is 11.8 Å². The van der Waals surface area contributed by atoms with Crippen molar-refractivity contribution in [3.05, 3.63) is 29.8 Å². The molecule has 0 atom stereocenters. The molecule has 7 heteroatoms. The normalized spacial score (nSPS) is 9.78. The Morgan fingerprint density at radius 2 is 1.50 bits per heavy atom. The number of carbonyl (C=O) groups is 3. The summed E-state index contributed by atoms with van der Waals surface area (Å²) in [5, 5.41) is 0. The Hall–Kier alpha value is -2.57. The summed E-state index contributed by atoms with van der Waals surface area (Å²) in [5.74, 6) is -2.04. The third kappa shape index (κ3) is 3.48. The molecule has 18 heavy (non-hydrogen) atoms. The highest BCUT2D eigenvalue weighted by molar-refractivity contribution is 6.02. The van der Waals surface area contributed by atoms with Crippen LogP contribution in [0.3, 0.4) is 0 Å². The molecule has 0 heterocycles. The highest BCUT2D eigenvalue weighted by Gasteiger charge is 2.20. The first kappa shape index (κ1) is 13.5. The van der Waals surface area contributed by atoms with Crippen LogP contribution in [-0.2, 0) is 9.59 Å². The van der Waals surface area contributed by atoms with Crippen LogP contribution in [0.1, 0.15) is 10.4 Å². The number of primary amides is 2. The molecule has 1 rings (SSSR count). The highest BCUT2D eigenvalue weighted by Crippen LogP contribution is 2.13. The van der Waals surface area contributed by atoms with Gasteiger partial charge in [0, 0.05) is 5.69 Å². The molecule has 1 aromatic carbocycles. The molecular formula is C11H14N4O3. The Balaban J connectivity index is 2.98. The first-order chi connectivity index (χ1) is 8.41. The van der Waals surface area contributed by atoms with E-state index in [0.29, 0.717) is 0 Å². The van der Waals surface area contributed by atoms with Crippen LogP contribution < -0.4 is 17.2 Å². The van der Waals surface area contributed by atoms with E-state index in [1.165, 1.54) is 6.07 Å². The summed E-state index contributed by atoms with van der Waals surface area (Å²) in [6.45, 7) is -0.786. The van der Waals surface area contributed by atoms with E-state index in [-0.39, 0.29) is 11.3 Å². The van der Waals surface area contributed by atoms with Crippen molar-refractivity contribution in [2.24, 2.45) is 11.5 Å². The fourth-order valence-corrected chi connectivity index (χ4v) is 1.44. The number of nitrogens with two attached hydrogens (primary N) is 3. The van der Waals surface area contributed by atoms with Gasteiger partial charge < -0.3 is 22.1 Å². The summed E-state index contributed by atoms with van der Waals surface area (Å²) in [4.78, 5) is 34.7. The fourth-order valence-electron chi connectivity index (χ4n) is 1.44. The number of carbonyl (C=O) groups excluding carboxylic acids is 3. The molecule has 0 saturated heterocycles. The van der Waals surface area contributed by atoms with Crippen molar-refractivity contribution in [1.82, 2.24) is 4.90 Å². The Labute approximate surface area is 104 Å². The van der Waals surface area contributed by atoms with Crippen molar-refractivity contribution < 1.29 is 14.4 Å². The van der Waals surface area contributed by atoms with Crippen molar-refractivity contribution in [3.63, 3.8) is 0 Å². The first-order valence-corrected chi connectivity index (χ1v) is 5.12. The van der Waals surface area contributed by atoms with Gasteiger partial charge in [-0.05, 0) is 12.1 Å². The van der Waals surface area contributed by atoms with Crippen molar-refractivity contribution in [2.75, 3.05) is 18.8 Å². The van der Waals surface area contributed by atoms with Gasteiger partial charge >= 0.3 is 0 Å². The second-order valence-corrected chi connectivity index (χ2v) is 3.68. The van der Waals surface area contributed by atoms with Gasteiger partial charge in [-0.2, -0.15) is 0 Å². The fraction of sp³-hybridized carbons (Fsp3) is 0.182. The zero-order valence-corrected chi connectivity index (χ0v) is 9.63. The van der Waals surface area contributed by atoms with Crippen molar-refractivity contribution in [2.45, 2.75) is 0 Å². The number of hydrogen-bond donors (Lipinski definition) is 3. The van der Waals surface area contributed by atoms with Crippen LogP contribution in [0.15, 0.2) is 24.3 Å².